The molecule has 0 spiro atoms. The largest absolute Gasteiger partial charge is 0.439 e. The molecule has 1 aromatic carbocycles. The molecular formula is C10H9F2N5O2. The van der Waals surface area contributed by atoms with Gasteiger partial charge in [-0.25, -0.2) is 13.6 Å². The fourth-order valence-electron chi connectivity index (χ4n) is 1.52. The van der Waals surface area contributed by atoms with Crippen molar-refractivity contribution in [3.63, 3.8) is 0 Å². The first-order valence-corrected chi connectivity index (χ1v) is 5.18. The van der Waals surface area contributed by atoms with Crippen LogP contribution in [-0.2, 0) is 11.3 Å². The summed E-state index contributed by atoms with van der Waals surface area (Å²) in [6, 6.07) is 2.89. The van der Waals surface area contributed by atoms with Gasteiger partial charge in [-0.1, -0.05) is 0 Å². The van der Waals surface area contributed by atoms with Crippen molar-refractivity contribution < 1.29 is 18.3 Å². The van der Waals surface area contributed by atoms with Crippen molar-refractivity contribution in [2.75, 3.05) is 0 Å². The van der Waals surface area contributed by atoms with Gasteiger partial charge in [0, 0.05) is 11.6 Å². The molecule has 0 fully saturated rings. The van der Waals surface area contributed by atoms with E-state index in [4.69, 9.17) is 10.5 Å². The second-order valence-electron chi connectivity index (χ2n) is 3.58. The van der Waals surface area contributed by atoms with E-state index >= 15 is 0 Å². The molecule has 2 N–H and O–H groups in total. The maximum atomic E-state index is 13.6. The zero-order valence-electron chi connectivity index (χ0n) is 9.53. The highest BCUT2D eigenvalue weighted by molar-refractivity contribution is 5.65. The first kappa shape index (κ1) is 12.9. The molecule has 1 atom stereocenters. The van der Waals surface area contributed by atoms with Crippen LogP contribution in [0.4, 0.5) is 13.6 Å². The number of carbonyl (C=O) groups excluding carboxylic acids is 1. The zero-order chi connectivity index (χ0) is 13.8. The zero-order valence-corrected chi connectivity index (χ0v) is 9.53. The molecule has 2 rings (SSSR count). The Morgan fingerprint density at radius 1 is 1.47 bits per heavy atom. The Morgan fingerprint density at radius 2 is 2.26 bits per heavy atom. The van der Waals surface area contributed by atoms with Gasteiger partial charge in [-0.2, -0.15) is 4.80 Å². The van der Waals surface area contributed by atoms with Crippen molar-refractivity contribution in [1.82, 2.24) is 20.2 Å². The van der Waals surface area contributed by atoms with Crippen molar-refractivity contribution in [1.29, 1.82) is 0 Å². The Hall–Kier alpha value is -2.58. The molecule has 1 heterocycles. The number of rotatable bonds is 4. The van der Waals surface area contributed by atoms with Gasteiger partial charge in [0.15, 0.2) is 12.4 Å². The number of tetrazole rings is 1. The number of aromatic nitrogens is 4. The Kier molecular flexibility index (Phi) is 3.64. The number of carbonyl (C=O) groups is 1. The smallest absolute Gasteiger partial charge is 0.405 e. The van der Waals surface area contributed by atoms with E-state index in [9.17, 15) is 13.6 Å². The van der Waals surface area contributed by atoms with Crippen molar-refractivity contribution in [2.45, 2.75) is 12.6 Å². The lowest BCUT2D eigenvalue weighted by molar-refractivity contribution is 0.0878. The lowest BCUT2D eigenvalue weighted by Crippen LogP contribution is -2.22. The average Bonchev–Trinajstić information content (AvgIpc) is 2.80. The first-order valence-electron chi connectivity index (χ1n) is 5.18. The highest BCUT2D eigenvalue weighted by atomic mass is 19.1. The molecule has 1 unspecified atom stereocenters. The van der Waals surface area contributed by atoms with Gasteiger partial charge in [0.05, 0.1) is 0 Å². The molecule has 100 valence electrons. The van der Waals surface area contributed by atoms with E-state index in [-0.39, 0.29) is 12.1 Å². The lowest BCUT2D eigenvalue weighted by atomic mass is 10.1. The Balaban J connectivity index is 2.28. The molecule has 0 bridgehead atoms. The second kappa shape index (κ2) is 5.38. The summed E-state index contributed by atoms with van der Waals surface area (Å²) in [4.78, 5) is 11.9. The summed E-state index contributed by atoms with van der Waals surface area (Å²) in [5.74, 6) is -1.59. The third kappa shape index (κ3) is 3.21. The van der Waals surface area contributed by atoms with Crippen LogP contribution in [-0.4, -0.2) is 26.3 Å². The van der Waals surface area contributed by atoms with E-state index in [2.05, 4.69) is 15.4 Å². The van der Waals surface area contributed by atoms with Crippen LogP contribution in [0.25, 0.3) is 0 Å². The van der Waals surface area contributed by atoms with Gasteiger partial charge in [-0.15, -0.1) is 10.2 Å². The summed E-state index contributed by atoms with van der Waals surface area (Å²) in [6.07, 6.45) is -0.997. The molecule has 0 saturated carbocycles. The predicted molar refractivity (Wildman–Crippen MR) is 57.6 cm³/mol. The molecule has 9 heteroatoms. The van der Waals surface area contributed by atoms with Crippen LogP contribution in [0.1, 0.15) is 11.7 Å². The molecule has 0 aliphatic carbocycles. The van der Waals surface area contributed by atoms with E-state index in [1.54, 1.807) is 0 Å². The Labute approximate surface area is 106 Å². The summed E-state index contributed by atoms with van der Waals surface area (Å²) in [5, 5.41) is 10.7. The van der Waals surface area contributed by atoms with Gasteiger partial charge >= 0.3 is 6.09 Å². The number of nitrogens with two attached hydrogens (primary N) is 1. The lowest BCUT2D eigenvalue weighted by Gasteiger charge is -2.16. The number of hydrogen-bond donors (Lipinski definition) is 1. The van der Waals surface area contributed by atoms with Gasteiger partial charge < -0.3 is 10.5 Å². The monoisotopic (exact) mass is 269 g/mol. The van der Waals surface area contributed by atoms with Crippen molar-refractivity contribution >= 4 is 6.09 Å². The molecule has 0 saturated heterocycles. The standard InChI is InChI=1S/C10H9F2N5O2/c11-6-1-2-7(8(12)3-6)9(19-10(13)18)4-17-15-5-14-16-17/h1-3,5,9H,4H2,(H2,13,18). The predicted octanol–water partition coefficient (Wildman–Crippen LogP) is 0.788. The van der Waals surface area contributed by atoms with Gasteiger partial charge in [0.2, 0.25) is 0 Å². The molecule has 19 heavy (non-hydrogen) atoms. The molecule has 1 aromatic heterocycles. The summed E-state index contributed by atoms with van der Waals surface area (Å²) >= 11 is 0. The van der Waals surface area contributed by atoms with Crippen molar-refractivity contribution in [2.24, 2.45) is 5.73 Å². The van der Waals surface area contributed by atoms with E-state index in [1.165, 1.54) is 6.33 Å². The first-order chi connectivity index (χ1) is 9.06. The normalized spacial score (nSPS) is 12.1. The highest BCUT2D eigenvalue weighted by Crippen LogP contribution is 2.22. The average molecular weight is 269 g/mol. The minimum atomic E-state index is -1.09. The van der Waals surface area contributed by atoms with Crippen molar-refractivity contribution in [3.8, 4) is 0 Å². The molecule has 7 nitrogen and oxygen atoms in total. The summed E-state index contributed by atoms with van der Waals surface area (Å²) < 4.78 is 31.3. The molecule has 1 amide bonds. The molecule has 2 aromatic rings. The van der Waals surface area contributed by atoms with Crippen LogP contribution in [0.15, 0.2) is 24.5 Å². The topological polar surface area (TPSA) is 95.9 Å². The number of amides is 1. The number of benzene rings is 1. The highest BCUT2D eigenvalue weighted by Gasteiger charge is 2.21. The van der Waals surface area contributed by atoms with Crippen LogP contribution < -0.4 is 5.73 Å². The summed E-state index contributed by atoms with van der Waals surface area (Å²) in [7, 11) is 0. The number of nitrogens with zero attached hydrogens (tertiary/aromatic N) is 4. The maximum Gasteiger partial charge on any atom is 0.405 e. The third-order valence-corrected chi connectivity index (χ3v) is 2.29. The van der Waals surface area contributed by atoms with Crippen LogP contribution in [0, 0.1) is 11.6 Å². The third-order valence-electron chi connectivity index (χ3n) is 2.29. The maximum absolute atomic E-state index is 13.6. The van der Waals surface area contributed by atoms with Gasteiger partial charge in [-0.05, 0) is 17.3 Å². The molecule has 0 aliphatic heterocycles. The summed E-state index contributed by atoms with van der Waals surface area (Å²) in [5.41, 5.74) is 4.89. The summed E-state index contributed by atoms with van der Waals surface area (Å²) in [6.45, 7) is -0.0918. The Morgan fingerprint density at radius 3 is 2.84 bits per heavy atom. The van der Waals surface area contributed by atoms with Gasteiger partial charge in [0.25, 0.3) is 0 Å². The molecular weight excluding hydrogens is 260 g/mol. The van der Waals surface area contributed by atoms with Crippen LogP contribution in [0.5, 0.6) is 0 Å². The van der Waals surface area contributed by atoms with Crippen LogP contribution in [0.2, 0.25) is 0 Å². The van der Waals surface area contributed by atoms with E-state index in [0.29, 0.717) is 6.07 Å². The minimum absolute atomic E-state index is 0.0301. The Bertz CT molecular complexity index is 575. The quantitative estimate of drug-likeness (QED) is 0.885. The van der Waals surface area contributed by atoms with Crippen LogP contribution >= 0.6 is 0 Å². The fraction of sp³-hybridized carbons (Fsp3) is 0.200. The SMILES string of the molecule is NC(=O)OC(Cn1ncnn1)c1ccc(F)cc1F. The number of primary amides is 1. The van der Waals surface area contributed by atoms with Crippen molar-refractivity contribution in [3.05, 3.63) is 41.7 Å². The fourth-order valence-corrected chi connectivity index (χ4v) is 1.52. The van der Waals surface area contributed by atoms with Gasteiger partial charge in [0.1, 0.15) is 18.2 Å². The molecule has 0 aliphatic rings. The molecule has 0 radical (unpaired) electrons. The van der Waals surface area contributed by atoms with E-state index < -0.39 is 23.8 Å². The van der Waals surface area contributed by atoms with E-state index in [1.807, 2.05) is 0 Å². The van der Waals surface area contributed by atoms with E-state index in [0.717, 1.165) is 16.9 Å². The number of halogens is 2. The number of ether oxygens (including phenoxy) is 1. The minimum Gasteiger partial charge on any atom is -0.439 e. The second-order valence-corrected chi connectivity index (χ2v) is 3.58. The van der Waals surface area contributed by atoms with Gasteiger partial charge in [-0.3, -0.25) is 0 Å². The van der Waals surface area contributed by atoms with Crippen LogP contribution in [0.3, 0.4) is 0 Å². The number of hydrogen-bond acceptors (Lipinski definition) is 5.